The first-order valence-electron chi connectivity index (χ1n) is 9.03. The number of nitrogen functional groups attached to an aromatic ring is 1. The first-order chi connectivity index (χ1) is 14.7. The Kier molecular flexibility index (Phi) is 5.10. The van der Waals surface area contributed by atoms with Crippen molar-refractivity contribution in [1.29, 1.82) is 0 Å². The summed E-state index contributed by atoms with van der Waals surface area (Å²) in [6.45, 7) is 0. The van der Waals surface area contributed by atoms with Gasteiger partial charge in [-0.3, -0.25) is 9.36 Å². The maximum Gasteiger partial charge on any atom is 0.433 e. The standard InChI is InChI=1S/C22H15ClF3N3O2/c1-31-15-8-2-12(3-9-15)18-19(27)16-10-11-17(22(24,25)26)28-20(16)29(21(18)30)14-6-4-13(23)5-7-14/h2-11H,27H2,1H3. The number of nitrogens with two attached hydrogens (primary N) is 1. The molecule has 0 aliphatic carbocycles. The minimum Gasteiger partial charge on any atom is -0.497 e. The van der Waals surface area contributed by atoms with Crippen LogP contribution in [0.4, 0.5) is 18.9 Å². The molecule has 0 amide bonds. The largest absolute Gasteiger partial charge is 0.497 e. The van der Waals surface area contributed by atoms with Crippen LogP contribution in [-0.4, -0.2) is 16.7 Å². The summed E-state index contributed by atoms with van der Waals surface area (Å²) in [6, 6.07) is 14.8. The van der Waals surface area contributed by atoms with Crippen molar-refractivity contribution in [3.8, 4) is 22.6 Å². The molecule has 0 saturated carbocycles. The van der Waals surface area contributed by atoms with Gasteiger partial charge in [0.05, 0.1) is 24.0 Å². The molecule has 0 saturated heterocycles. The highest BCUT2D eigenvalue weighted by Gasteiger charge is 2.33. The Labute approximate surface area is 179 Å². The summed E-state index contributed by atoms with van der Waals surface area (Å²) in [4.78, 5) is 17.2. The Morgan fingerprint density at radius 3 is 2.23 bits per heavy atom. The first kappa shape index (κ1) is 20.7. The van der Waals surface area contributed by atoms with Crippen LogP contribution in [0.5, 0.6) is 5.75 Å². The molecule has 2 aromatic heterocycles. The Morgan fingerprint density at radius 1 is 1.00 bits per heavy atom. The van der Waals surface area contributed by atoms with Crippen LogP contribution in [-0.2, 0) is 6.18 Å². The van der Waals surface area contributed by atoms with E-state index in [1.54, 1.807) is 24.3 Å². The van der Waals surface area contributed by atoms with Gasteiger partial charge in [0.1, 0.15) is 17.1 Å². The zero-order chi connectivity index (χ0) is 22.3. The molecule has 0 spiro atoms. The number of ether oxygens (including phenoxy) is 1. The van der Waals surface area contributed by atoms with Crippen LogP contribution in [0.15, 0.2) is 65.5 Å². The van der Waals surface area contributed by atoms with Crippen molar-refractivity contribution in [3.63, 3.8) is 0 Å². The van der Waals surface area contributed by atoms with Crippen LogP contribution < -0.4 is 16.0 Å². The monoisotopic (exact) mass is 445 g/mol. The summed E-state index contributed by atoms with van der Waals surface area (Å²) in [7, 11) is 1.51. The van der Waals surface area contributed by atoms with E-state index in [0.29, 0.717) is 22.0 Å². The normalized spacial score (nSPS) is 11.6. The second kappa shape index (κ2) is 7.63. The van der Waals surface area contributed by atoms with E-state index in [9.17, 15) is 18.0 Å². The molecule has 4 aromatic rings. The summed E-state index contributed by atoms with van der Waals surface area (Å²) >= 11 is 5.94. The fourth-order valence-corrected chi connectivity index (χ4v) is 3.44. The number of fused-ring (bicyclic) bond motifs is 1. The molecule has 158 valence electrons. The highest BCUT2D eigenvalue weighted by Crippen LogP contribution is 2.34. The number of hydrogen-bond acceptors (Lipinski definition) is 4. The first-order valence-corrected chi connectivity index (χ1v) is 9.41. The van der Waals surface area contributed by atoms with Crippen LogP contribution in [0, 0.1) is 0 Å². The number of alkyl halides is 3. The lowest BCUT2D eigenvalue weighted by atomic mass is 10.0. The van der Waals surface area contributed by atoms with Crippen molar-refractivity contribution in [2.24, 2.45) is 0 Å². The molecule has 0 bridgehead atoms. The maximum atomic E-state index is 13.5. The van der Waals surface area contributed by atoms with E-state index in [1.807, 2.05) is 0 Å². The number of rotatable bonds is 3. The molecular formula is C22H15ClF3N3O2. The topological polar surface area (TPSA) is 70.1 Å². The van der Waals surface area contributed by atoms with Gasteiger partial charge in [0, 0.05) is 10.4 Å². The number of anilines is 1. The number of pyridine rings is 2. The summed E-state index contributed by atoms with van der Waals surface area (Å²) < 4.78 is 46.2. The third-order valence-electron chi connectivity index (χ3n) is 4.82. The highest BCUT2D eigenvalue weighted by molar-refractivity contribution is 6.30. The van der Waals surface area contributed by atoms with Gasteiger partial charge in [0.25, 0.3) is 5.56 Å². The molecule has 0 radical (unpaired) electrons. The molecule has 5 nitrogen and oxygen atoms in total. The van der Waals surface area contributed by atoms with Gasteiger partial charge < -0.3 is 10.5 Å². The SMILES string of the molecule is COc1ccc(-c2c(N)c3ccc(C(F)(F)F)nc3n(-c3ccc(Cl)cc3)c2=O)cc1. The maximum absolute atomic E-state index is 13.5. The fraction of sp³-hybridized carbons (Fsp3) is 0.0909. The third-order valence-corrected chi connectivity index (χ3v) is 5.07. The van der Waals surface area contributed by atoms with E-state index in [1.165, 1.54) is 37.4 Å². The van der Waals surface area contributed by atoms with Gasteiger partial charge in [-0.25, -0.2) is 4.98 Å². The molecule has 0 aliphatic rings. The highest BCUT2D eigenvalue weighted by atomic mass is 35.5. The minimum absolute atomic E-state index is 0.0385. The lowest BCUT2D eigenvalue weighted by Gasteiger charge is -2.17. The molecule has 31 heavy (non-hydrogen) atoms. The number of nitrogens with zero attached hydrogens (tertiary/aromatic N) is 2. The molecule has 2 heterocycles. The van der Waals surface area contributed by atoms with E-state index in [-0.39, 0.29) is 22.3 Å². The van der Waals surface area contributed by atoms with Crippen LogP contribution >= 0.6 is 11.6 Å². The van der Waals surface area contributed by atoms with Gasteiger partial charge in [-0.15, -0.1) is 0 Å². The smallest absolute Gasteiger partial charge is 0.433 e. The quantitative estimate of drug-likeness (QED) is 0.463. The van der Waals surface area contributed by atoms with E-state index in [4.69, 9.17) is 22.1 Å². The summed E-state index contributed by atoms with van der Waals surface area (Å²) in [6.07, 6.45) is -4.68. The van der Waals surface area contributed by atoms with Crippen LogP contribution in [0.2, 0.25) is 5.02 Å². The number of methoxy groups -OCH3 is 1. The number of benzene rings is 2. The second-order valence-electron chi connectivity index (χ2n) is 6.70. The molecule has 0 fully saturated rings. The molecule has 9 heteroatoms. The van der Waals surface area contributed by atoms with Crippen molar-refractivity contribution in [2.45, 2.75) is 6.18 Å². The van der Waals surface area contributed by atoms with Gasteiger partial charge in [-0.1, -0.05) is 23.7 Å². The summed E-state index contributed by atoms with van der Waals surface area (Å²) in [5.74, 6) is 0.581. The van der Waals surface area contributed by atoms with Gasteiger partial charge in [-0.05, 0) is 54.1 Å². The minimum atomic E-state index is -4.68. The number of aromatic nitrogens is 2. The lowest BCUT2D eigenvalue weighted by molar-refractivity contribution is -0.141. The lowest BCUT2D eigenvalue weighted by Crippen LogP contribution is -2.24. The van der Waals surface area contributed by atoms with E-state index in [0.717, 1.165) is 10.6 Å². The number of halogens is 4. The zero-order valence-corrected chi connectivity index (χ0v) is 16.8. The van der Waals surface area contributed by atoms with Crippen molar-refractivity contribution in [3.05, 3.63) is 81.7 Å². The third kappa shape index (κ3) is 3.70. The molecule has 4 rings (SSSR count). The summed E-state index contributed by atoms with van der Waals surface area (Å²) in [5, 5.41) is 0.629. The number of hydrogen-bond donors (Lipinski definition) is 1. The van der Waals surface area contributed by atoms with Crippen LogP contribution in [0.3, 0.4) is 0 Å². The van der Waals surface area contributed by atoms with E-state index < -0.39 is 17.4 Å². The predicted octanol–water partition coefficient (Wildman–Crippen LogP) is 5.32. The van der Waals surface area contributed by atoms with Crippen LogP contribution in [0.25, 0.3) is 27.8 Å². The van der Waals surface area contributed by atoms with Crippen molar-refractivity contribution in [1.82, 2.24) is 9.55 Å². The molecule has 0 unspecified atom stereocenters. The predicted molar refractivity (Wildman–Crippen MR) is 114 cm³/mol. The van der Waals surface area contributed by atoms with Gasteiger partial charge in [0.2, 0.25) is 0 Å². The van der Waals surface area contributed by atoms with Crippen molar-refractivity contribution >= 4 is 28.3 Å². The fourth-order valence-electron chi connectivity index (χ4n) is 3.31. The molecule has 2 aromatic carbocycles. The van der Waals surface area contributed by atoms with Crippen molar-refractivity contribution in [2.75, 3.05) is 12.8 Å². The summed E-state index contributed by atoms with van der Waals surface area (Å²) in [5.41, 5.74) is 5.32. The van der Waals surface area contributed by atoms with Crippen molar-refractivity contribution < 1.29 is 17.9 Å². The average Bonchev–Trinajstić information content (AvgIpc) is 2.74. The van der Waals surface area contributed by atoms with E-state index >= 15 is 0 Å². The van der Waals surface area contributed by atoms with Gasteiger partial charge in [0.15, 0.2) is 0 Å². The molecule has 0 aliphatic heterocycles. The van der Waals surface area contributed by atoms with Gasteiger partial charge in [-0.2, -0.15) is 13.2 Å². The van der Waals surface area contributed by atoms with Gasteiger partial charge >= 0.3 is 6.18 Å². The second-order valence-corrected chi connectivity index (χ2v) is 7.14. The van der Waals surface area contributed by atoms with Crippen LogP contribution in [0.1, 0.15) is 5.69 Å². The Balaban J connectivity index is 2.11. The molecule has 2 N–H and O–H groups in total. The average molecular weight is 446 g/mol. The molecule has 0 atom stereocenters. The Bertz CT molecular complexity index is 1330. The zero-order valence-electron chi connectivity index (χ0n) is 16.1. The Morgan fingerprint density at radius 2 is 1.65 bits per heavy atom. The Hall–Kier alpha value is -3.52. The molecular weight excluding hydrogens is 431 g/mol. The van der Waals surface area contributed by atoms with E-state index in [2.05, 4.69) is 4.98 Å².